The van der Waals surface area contributed by atoms with Crippen molar-refractivity contribution in [1.82, 2.24) is 0 Å². The number of hydrogen-bond acceptors (Lipinski definition) is 2. The molecule has 0 aliphatic rings. The van der Waals surface area contributed by atoms with Gasteiger partial charge < -0.3 is 10.1 Å². The fourth-order valence-electron chi connectivity index (χ4n) is 2.22. The topological polar surface area (TPSA) is 38.3 Å². The Morgan fingerprint density at radius 3 is 2.57 bits per heavy atom. The van der Waals surface area contributed by atoms with Crippen molar-refractivity contribution in [2.45, 2.75) is 0 Å². The number of nitrogens with one attached hydrogen (secondary N) is 1. The van der Waals surface area contributed by atoms with Crippen LogP contribution in [0.4, 0.5) is 5.69 Å². The molecule has 0 unspecified atom stereocenters. The van der Waals surface area contributed by atoms with Crippen LogP contribution in [0.5, 0.6) is 5.75 Å². The molecule has 0 aromatic heterocycles. The van der Waals surface area contributed by atoms with Crippen LogP contribution in [0.3, 0.4) is 0 Å². The van der Waals surface area contributed by atoms with E-state index in [1.165, 1.54) is 0 Å². The molecular formula is C18H13Br2NO2. The van der Waals surface area contributed by atoms with E-state index >= 15 is 0 Å². The molecule has 0 aliphatic carbocycles. The van der Waals surface area contributed by atoms with Crippen LogP contribution in [0.1, 0.15) is 0 Å². The summed E-state index contributed by atoms with van der Waals surface area (Å²) in [5.74, 6) is 0.446. The van der Waals surface area contributed by atoms with E-state index in [4.69, 9.17) is 4.74 Å². The molecule has 5 heteroatoms. The quantitative estimate of drug-likeness (QED) is 0.598. The van der Waals surface area contributed by atoms with Crippen molar-refractivity contribution in [3.8, 4) is 5.75 Å². The van der Waals surface area contributed by atoms with Gasteiger partial charge in [0.2, 0.25) is 0 Å². The summed E-state index contributed by atoms with van der Waals surface area (Å²) < 4.78 is 7.50. The van der Waals surface area contributed by atoms with Gasteiger partial charge in [-0.25, -0.2) is 0 Å². The Hall–Kier alpha value is -1.85. The van der Waals surface area contributed by atoms with Gasteiger partial charge in [0.15, 0.2) is 6.61 Å². The van der Waals surface area contributed by atoms with Crippen LogP contribution in [0.25, 0.3) is 10.8 Å². The summed E-state index contributed by atoms with van der Waals surface area (Å²) in [7, 11) is 0. The number of carbonyl (C=O) groups excluding carboxylic acids is 1. The van der Waals surface area contributed by atoms with E-state index in [9.17, 15) is 4.79 Å². The van der Waals surface area contributed by atoms with E-state index in [0.29, 0.717) is 5.75 Å². The molecule has 3 rings (SSSR count). The number of ether oxygens (including phenoxy) is 1. The Balaban J connectivity index is 1.71. The second-order valence-corrected chi connectivity index (χ2v) is 6.65. The van der Waals surface area contributed by atoms with Gasteiger partial charge in [-0.3, -0.25) is 4.79 Å². The zero-order chi connectivity index (χ0) is 16.2. The summed E-state index contributed by atoms with van der Waals surface area (Å²) in [4.78, 5) is 11.9. The van der Waals surface area contributed by atoms with Gasteiger partial charge in [-0.15, -0.1) is 0 Å². The van der Waals surface area contributed by atoms with E-state index in [2.05, 4.69) is 37.2 Å². The molecular weight excluding hydrogens is 422 g/mol. The summed E-state index contributed by atoms with van der Waals surface area (Å²) in [5.41, 5.74) is 0.753. The highest BCUT2D eigenvalue weighted by Crippen LogP contribution is 2.34. The first-order chi connectivity index (χ1) is 11.1. The highest BCUT2D eigenvalue weighted by molar-refractivity contribution is 9.11. The highest BCUT2D eigenvalue weighted by Gasteiger charge is 2.09. The van der Waals surface area contributed by atoms with Gasteiger partial charge in [0.05, 0.1) is 4.47 Å². The molecule has 0 aliphatic heterocycles. The van der Waals surface area contributed by atoms with Crippen LogP contribution in [-0.4, -0.2) is 12.5 Å². The van der Waals surface area contributed by atoms with E-state index in [1.54, 1.807) is 0 Å². The monoisotopic (exact) mass is 433 g/mol. The maximum absolute atomic E-state index is 11.9. The van der Waals surface area contributed by atoms with Crippen LogP contribution in [0.15, 0.2) is 69.6 Å². The van der Waals surface area contributed by atoms with Gasteiger partial charge in [-0.1, -0.05) is 46.3 Å². The van der Waals surface area contributed by atoms with Gasteiger partial charge in [-0.2, -0.15) is 0 Å². The molecule has 1 N–H and O–H groups in total. The molecule has 116 valence electrons. The van der Waals surface area contributed by atoms with Gasteiger partial charge in [0, 0.05) is 10.2 Å². The molecule has 1 amide bonds. The van der Waals surface area contributed by atoms with Crippen molar-refractivity contribution in [3.63, 3.8) is 0 Å². The number of anilines is 1. The number of hydrogen-bond donors (Lipinski definition) is 1. The molecule has 0 fully saturated rings. The maximum Gasteiger partial charge on any atom is 0.262 e. The number of benzene rings is 3. The second kappa shape index (κ2) is 7.15. The number of amides is 1. The minimum atomic E-state index is -0.195. The van der Waals surface area contributed by atoms with Crippen LogP contribution >= 0.6 is 31.9 Å². The molecule has 0 radical (unpaired) electrons. The van der Waals surface area contributed by atoms with Crippen LogP contribution in [0, 0.1) is 0 Å². The van der Waals surface area contributed by atoms with E-state index in [0.717, 1.165) is 25.4 Å². The fraction of sp³-hybridized carbons (Fsp3) is 0.0556. The Kier molecular flexibility index (Phi) is 4.98. The van der Waals surface area contributed by atoms with E-state index < -0.39 is 0 Å². The maximum atomic E-state index is 11.9. The lowest BCUT2D eigenvalue weighted by atomic mass is 10.1. The van der Waals surface area contributed by atoms with E-state index in [1.807, 2.05) is 60.7 Å². The van der Waals surface area contributed by atoms with Crippen molar-refractivity contribution < 1.29 is 9.53 Å². The van der Waals surface area contributed by atoms with Crippen LogP contribution < -0.4 is 10.1 Å². The van der Waals surface area contributed by atoms with Gasteiger partial charge in [0.25, 0.3) is 5.91 Å². The zero-order valence-electron chi connectivity index (χ0n) is 12.1. The molecule has 0 bridgehead atoms. The third kappa shape index (κ3) is 3.92. The first kappa shape index (κ1) is 16.0. The zero-order valence-corrected chi connectivity index (χ0v) is 15.2. The third-order valence-electron chi connectivity index (χ3n) is 3.30. The average Bonchev–Trinajstić information content (AvgIpc) is 2.55. The van der Waals surface area contributed by atoms with Crippen molar-refractivity contribution in [3.05, 3.63) is 69.6 Å². The number of carbonyl (C=O) groups is 1. The Bertz CT molecular complexity index is 850. The molecule has 3 aromatic rings. The third-order valence-corrected chi connectivity index (χ3v) is 4.61. The highest BCUT2D eigenvalue weighted by atomic mass is 79.9. The fourth-order valence-corrected chi connectivity index (χ4v) is 3.20. The van der Waals surface area contributed by atoms with Crippen molar-refractivity contribution in [2.75, 3.05) is 11.9 Å². The first-order valence-electron chi connectivity index (χ1n) is 6.99. The minimum absolute atomic E-state index is 0.0461. The Labute approximate surface area is 150 Å². The molecule has 23 heavy (non-hydrogen) atoms. The van der Waals surface area contributed by atoms with Crippen LogP contribution in [0.2, 0.25) is 0 Å². The second-order valence-electron chi connectivity index (χ2n) is 4.95. The smallest absolute Gasteiger partial charge is 0.262 e. The number of para-hydroxylation sites is 1. The van der Waals surface area contributed by atoms with Gasteiger partial charge in [0.1, 0.15) is 5.75 Å². The summed E-state index contributed by atoms with van der Waals surface area (Å²) in [6.45, 7) is -0.0461. The predicted molar refractivity (Wildman–Crippen MR) is 99.9 cm³/mol. The number of halogens is 2. The van der Waals surface area contributed by atoms with Crippen molar-refractivity contribution >= 4 is 54.2 Å². The van der Waals surface area contributed by atoms with Crippen molar-refractivity contribution in [2.24, 2.45) is 0 Å². The van der Waals surface area contributed by atoms with Crippen molar-refractivity contribution in [1.29, 1.82) is 0 Å². The van der Waals surface area contributed by atoms with Gasteiger partial charge >= 0.3 is 0 Å². The number of fused-ring (bicyclic) bond motifs is 1. The summed E-state index contributed by atoms with van der Waals surface area (Å²) in [6, 6.07) is 19.1. The predicted octanol–water partition coefficient (Wildman–Crippen LogP) is 5.38. The lowest BCUT2D eigenvalue weighted by molar-refractivity contribution is -0.118. The molecule has 0 heterocycles. The summed E-state index contributed by atoms with van der Waals surface area (Å²) >= 11 is 7.01. The molecule has 0 atom stereocenters. The Morgan fingerprint density at radius 2 is 1.78 bits per heavy atom. The lowest BCUT2D eigenvalue weighted by Crippen LogP contribution is -2.20. The first-order valence-corrected chi connectivity index (χ1v) is 8.57. The average molecular weight is 435 g/mol. The normalized spacial score (nSPS) is 10.5. The molecule has 0 saturated carbocycles. The summed E-state index contributed by atoms with van der Waals surface area (Å²) in [5, 5.41) is 4.92. The SMILES string of the molecule is O=C(COc1ccc2cc(Br)ccc2c1Br)Nc1ccccc1. The standard InChI is InChI=1S/C18H13Br2NO2/c19-13-7-8-15-12(10-13)6-9-16(18(15)20)23-11-17(22)21-14-4-2-1-3-5-14/h1-10H,11H2,(H,21,22). The number of rotatable bonds is 4. The van der Waals surface area contributed by atoms with Crippen LogP contribution in [-0.2, 0) is 4.79 Å². The molecule has 0 spiro atoms. The van der Waals surface area contributed by atoms with E-state index in [-0.39, 0.29) is 12.5 Å². The van der Waals surface area contributed by atoms with Gasteiger partial charge in [-0.05, 0) is 57.0 Å². The summed E-state index contributed by atoms with van der Waals surface area (Å²) in [6.07, 6.45) is 0. The largest absolute Gasteiger partial charge is 0.483 e. The molecule has 0 saturated heterocycles. The molecule has 3 nitrogen and oxygen atoms in total. The molecule has 3 aromatic carbocycles. The minimum Gasteiger partial charge on any atom is -0.483 e. The lowest BCUT2D eigenvalue weighted by Gasteiger charge is -2.11. The Morgan fingerprint density at radius 1 is 1.00 bits per heavy atom.